The van der Waals surface area contributed by atoms with Crippen molar-refractivity contribution in [3.63, 3.8) is 0 Å². The van der Waals surface area contributed by atoms with Crippen LogP contribution in [0.4, 0.5) is 5.69 Å². The number of aryl methyl sites for hydroxylation is 2. The lowest BCUT2D eigenvalue weighted by molar-refractivity contribution is -0.385. The van der Waals surface area contributed by atoms with Gasteiger partial charge in [-0.15, -0.1) is 0 Å². The van der Waals surface area contributed by atoms with Crippen LogP contribution in [0.3, 0.4) is 0 Å². The van der Waals surface area contributed by atoms with Crippen molar-refractivity contribution < 1.29 is 14.5 Å². The van der Waals surface area contributed by atoms with Crippen LogP contribution in [-0.2, 0) is 17.3 Å². The van der Waals surface area contributed by atoms with E-state index >= 15 is 0 Å². The third kappa shape index (κ3) is 2.65. The maximum atomic E-state index is 13.4. The third-order valence-electron chi connectivity index (χ3n) is 5.56. The number of rotatable bonds is 4. The fourth-order valence-electron chi connectivity index (χ4n) is 4.02. The Hall–Kier alpha value is -3.23. The maximum absolute atomic E-state index is 13.4. The van der Waals surface area contributed by atoms with Gasteiger partial charge in [0.25, 0.3) is 11.8 Å². The minimum atomic E-state index is -0.599. The Balaban J connectivity index is 1.66. The first-order valence-corrected chi connectivity index (χ1v) is 9.24. The van der Waals surface area contributed by atoms with Crippen molar-refractivity contribution in [1.29, 1.82) is 0 Å². The van der Waals surface area contributed by atoms with Gasteiger partial charge in [0, 0.05) is 20.1 Å². The Morgan fingerprint density at radius 1 is 1.14 bits per heavy atom. The van der Waals surface area contributed by atoms with Gasteiger partial charge in [0.1, 0.15) is 5.69 Å². The molecule has 9 nitrogen and oxygen atoms in total. The van der Waals surface area contributed by atoms with Crippen molar-refractivity contribution in [1.82, 2.24) is 19.8 Å². The topological polar surface area (TPSA) is 102 Å². The first-order valence-electron chi connectivity index (χ1n) is 9.24. The molecule has 2 aromatic rings. The fraction of sp³-hybridized carbons (Fsp3) is 0.421. The standard InChI is InChI=1S/C19H21N5O4/c1-13-15(24(27)28)16(21(2)20-13)17(25)22-11-6-12-23(22)18(26)19(9-10-19)14-7-4-3-5-8-14/h3-5,7-8H,6,9-12H2,1-2H3. The molecule has 2 heterocycles. The van der Waals surface area contributed by atoms with Crippen molar-refractivity contribution in [3.8, 4) is 0 Å². The minimum absolute atomic E-state index is 0.105. The van der Waals surface area contributed by atoms with Crippen LogP contribution in [0.2, 0.25) is 0 Å². The smallest absolute Gasteiger partial charge is 0.272 e. The molecule has 1 aromatic carbocycles. The second-order valence-electron chi connectivity index (χ2n) is 7.32. The number of nitrogens with zero attached hydrogens (tertiary/aromatic N) is 5. The van der Waals surface area contributed by atoms with E-state index < -0.39 is 16.2 Å². The summed E-state index contributed by atoms with van der Waals surface area (Å²) in [6.07, 6.45) is 2.10. The van der Waals surface area contributed by atoms with Crippen LogP contribution in [0, 0.1) is 17.0 Å². The van der Waals surface area contributed by atoms with Gasteiger partial charge in [0.05, 0.1) is 10.3 Å². The van der Waals surface area contributed by atoms with Crippen LogP contribution < -0.4 is 0 Å². The first kappa shape index (κ1) is 18.1. The summed E-state index contributed by atoms with van der Waals surface area (Å²) in [5.41, 5.74) is 0.110. The van der Waals surface area contributed by atoms with Crippen molar-refractivity contribution in [2.24, 2.45) is 7.05 Å². The molecule has 0 unspecified atom stereocenters. The molecule has 1 aliphatic heterocycles. The molecule has 0 radical (unpaired) electrons. The average molecular weight is 383 g/mol. The van der Waals surface area contributed by atoms with E-state index in [2.05, 4.69) is 5.10 Å². The highest BCUT2D eigenvalue weighted by atomic mass is 16.6. The zero-order valence-corrected chi connectivity index (χ0v) is 15.8. The van der Waals surface area contributed by atoms with Gasteiger partial charge in [0.2, 0.25) is 5.69 Å². The second-order valence-corrected chi connectivity index (χ2v) is 7.32. The maximum Gasteiger partial charge on any atom is 0.322 e. The van der Waals surface area contributed by atoms with Crippen molar-refractivity contribution in [2.45, 2.75) is 31.6 Å². The summed E-state index contributed by atoms with van der Waals surface area (Å²) in [6, 6.07) is 9.57. The van der Waals surface area contributed by atoms with Gasteiger partial charge in [0.15, 0.2) is 0 Å². The Bertz CT molecular complexity index is 964. The highest BCUT2D eigenvalue weighted by Gasteiger charge is 2.55. The molecule has 0 spiro atoms. The van der Waals surface area contributed by atoms with Gasteiger partial charge >= 0.3 is 5.69 Å². The molecular weight excluding hydrogens is 362 g/mol. The largest absolute Gasteiger partial charge is 0.322 e. The quantitative estimate of drug-likeness (QED) is 0.593. The zero-order chi connectivity index (χ0) is 20.1. The number of carbonyl (C=O) groups is 2. The SMILES string of the molecule is Cc1nn(C)c(C(=O)N2CCCN2C(=O)C2(c3ccccc3)CC2)c1[N+](=O)[O-]. The van der Waals surface area contributed by atoms with Crippen molar-refractivity contribution >= 4 is 17.5 Å². The summed E-state index contributed by atoms with van der Waals surface area (Å²) >= 11 is 0. The van der Waals surface area contributed by atoms with Gasteiger partial charge in [-0.25, -0.2) is 5.01 Å². The molecule has 0 bridgehead atoms. The summed E-state index contributed by atoms with van der Waals surface area (Å²) in [5.74, 6) is -0.685. The summed E-state index contributed by atoms with van der Waals surface area (Å²) in [4.78, 5) is 37.4. The van der Waals surface area contributed by atoms with Crippen LogP contribution in [0.25, 0.3) is 0 Å². The molecule has 1 aromatic heterocycles. The lowest BCUT2D eigenvalue weighted by atomic mass is 9.95. The summed E-state index contributed by atoms with van der Waals surface area (Å²) in [6.45, 7) is 2.26. The Kier molecular flexibility index (Phi) is 4.17. The fourth-order valence-corrected chi connectivity index (χ4v) is 4.02. The number of amides is 2. The highest BCUT2D eigenvalue weighted by molar-refractivity contribution is 5.99. The molecule has 0 N–H and O–H groups in total. The first-order chi connectivity index (χ1) is 13.4. The average Bonchev–Trinajstić information content (AvgIpc) is 3.23. The molecule has 2 aliphatic rings. The molecule has 146 valence electrons. The monoisotopic (exact) mass is 383 g/mol. The van der Waals surface area contributed by atoms with E-state index in [9.17, 15) is 19.7 Å². The predicted molar refractivity (Wildman–Crippen MR) is 99.3 cm³/mol. The zero-order valence-electron chi connectivity index (χ0n) is 15.8. The number of aromatic nitrogens is 2. The normalized spacial score (nSPS) is 17.6. The van der Waals surface area contributed by atoms with E-state index in [4.69, 9.17) is 0 Å². The van der Waals surface area contributed by atoms with E-state index in [0.29, 0.717) is 19.5 Å². The van der Waals surface area contributed by atoms with Gasteiger partial charge in [-0.3, -0.25) is 29.4 Å². The lowest BCUT2D eigenvalue weighted by Crippen LogP contribution is -2.49. The Labute approximate surface area is 161 Å². The molecular formula is C19H21N5O4. The molecule has 0 atom stereocenters. The van der Waals surface area contributed by atoms with Crippen molar-refractivity contribution in [2.75, 3.05) is 13.1 Å². The number of hydrogen-bond acceptors (Lipinski definition) is 5. The molecule has 9 heteroatoms. The van der Waals surface area contributed by atoms with Gasteiger partial charge in [-0.1, -0.05) is 30.3 Å². The second kappa shape index (κ2) is 6.43. The summed E-state index contributed by atoms with van der Waals surface area (Å²) < 4.78 is 1.22. The van der Waals surface area contributed by atoms with E-state index in [-0.39, 0.29) is 23.0 Å². The molecule has 2 fully saturated rings. The van der Waals surface area contributed by atoms with Crippen LogP contribution in [0.5, 0.6) is 0 Å². The predicted octanol–water partition coefficient (Wildman–Crippen LogP) is 1.96. The van der Waals surface area contributed by atoms with E-state index in [1.807, 2.05) is 30.3 Å². The molecule has 2 amide bonds. The molecule has 1 aliphatic carbocycles. The number of hydrazine groups is 1. The molecule has 4 rings (SSSR count). The van der Waals surface area contributed by atoms with Crippen LogP contribution >= 0.6 is 0 Å². The van der Waals surface area contributed by atoms with E-state index in [1.165, 1.54) is 28.7 Å². The minimum Gasteiger partial charge on any atom is -0.272 e. The van der Waals surface area contributed by atoms with Crippen LogP contribution in [-0.4, -0.2) is 49.6 Å². The van der Waals surface area contributed by atoms with Gasteiger partial charge in [-0.05, 0) is 31.7 Å². The Morgan fingerprint density at radius 3 is 2.39 bits per heavy atom. The van der Waals surface area contributed by atoms with E-state index in [1.54, 1.807) is 0 Å². The lowest BCUT2D eigenvalue weighted by Gasteiger charge is -2.31. The molecule has 1 saturated heterocycles. The van der Waals surface area contributed by atoms with Crippen LogP contribution in [0.1, 0.15) is 41.0 Å². The highest BCUT2D eigenvalue weighted by Crippen LogP contribution is 2.50. The van der Waals surface area contributed by atoms with Crippen LogP contribution in [0.15, 0.2) is 30.3 Å². The number of nitro groups is 1. The third-order valence-corrected chi connectivity index (χ3v) is 5.56. The molecule has 1 saturated carbocycles. The van der Waals surface area contributed by atoms with Gasteiger partial charge in [-0.2, -0.15) is 5.10 Å². The molecule has 28 heavy (non-hydrogen) atoms. The summed E-state index contributed by atoms with van der Waals surface area (Å²) in [5, 5.41) is 18.3. The Morgan fingerprint density at radius 2 is 1.79 bits per heavy atom. The van der Waals surface area contributed by atoms with Gasteiger partial charge < -0.3 is 0 Å². The van der Waals surface area contributed by atoms with E-state index in [0.717, 1.165) is 18.4 Å². The number of hydrogen-bond donors (Lipinski definition) is 0. The van der Waals surface area contributed by atoms with Crippen molar-refractivity contribution in [3.05, 3.63) is 57.4 Å². The number of carbonyl (C=O) groups excluding carboxylic acids is 2. The number of benzene rings is 1. The summed E-state index contributed by atoms with van der Waals surface area (Å²) in [7, 11) is 1.50.